The first-order valence-electron chi connectivity index (χ1n) is 7.37. The Hall–Kier alpha value is -0.600. The van der Waals surface area contributed by atoms with Crippen molar-refractivity contribution < 1.29 is 9.64 Å². The maximum absolute atomic E-state index is 5.80. The number of rotatable bonds is 3. The maximum atomic E-state index is 5.80. The van der Waals surface area contributed by atoms with Crippen LogP contribution in [-0.4, -0.2) is 31.8 Å². The Balaban J connectivity index is 1.85. The van der Waals surface area contributed by atoms with E-state index in [0.717, 1.165) is 19.0 Å². The van der Waals surface area contributed by atoms with Gasteiger partial charge in [0.1, 0.15) is 25.3 Å². The highest BCUT2D eigenvalue weighted by Gasteiger charge is 2.26. The summed E-state index contributed by atoms with van der Waals surface area (Å²) >= 11 is 0. The molecule has 0 aromatic heterocycles. The number of nitrogens with one attached hydrogen (secondary N) is 1. The van der Waals surface area contributed by atoms with Crippen LogP contribution in [0.2, 0.25) is 0 Å². The van der Waals surface area contributed by atoms with Gasteiger partial charge in [-0.25, -0.2) is 0 Å². The van der Waals surface area contributed by atoms with E-state index in [1.54, 1.807) is 10.5 Å². The molecule has 0 aromatic rings. The van der Waals surface area contributed by atoms with Crippen molar-refractivity contribution in [1.29, 1.82) is 0 Å². The number of hydrogen-bond donors (Lipinski definition) is 1. The van der Waals surface area contributed by atoms with Gasteiger partial charge in [0, 0.05) is 0 Å². The second kappa shape index (κ2) is 6.03. The summed E-state index contributed by atoms with van der Waals surface area (Å²) in [5, 5.41) is 0. The molecule has 102 valence electrons. The van der Waals surface area contributed by atoms with E-state index < -0.39 is 0 Å². The third-order valence-corrected chi connectivity index (χ3v) is 4.30. The average Bonchev–Trinajstić information content (AvgIpc) is 2.28. The van der Waals surface area contributed by atoms with Crippen molar-refractivity contribution in [2.75, 3.05) is 19.6 Å². The van der Waals surface area contributed by atoms with Gasteiger partial charge in [0.25, 0.3) is 0 Å². The van der Waals surface area contributed by atoms with Crippen LogP contribution < -0.4 is 4.90 Å². The summed E-state index contributed by atoms with van der Waals surface area (Å²) < 4.78 is 5.80. The van der Waals surface area contributed by atoms with Crippen LogP contribution in [0.5, 0.6) is 0 Å². The number of ether oxygens (including phenoxy) is 1. The van der Waals surface area contributed by atoms with Gasteiger partial charge in [-0.3, -0.25) is 0 Å². The molecule has 2 nitrogen and oxygen atoms in total. The molecule has 0 saturated carbocycles. The van der Waals surface area contributed by atoms with Crippen molar-refractivity contribution in [2.24, 2.45) is 5.92 Å². The van der Waals surface area contributed by atoms with Gasteiger partial charge >= 0.3 is 0 Å². The van der Waals surface area contributed by atoms with E-state index in [2.05, 4.69) is 33.4 Å². The molecule has 0 amide bonds. The molecule has 1 saturated heterocycles. The molecule has 1 aliphatic heterocycles. The van der Waals surface area contributed by atoms with Gasteiger partial charge in [-0.05, 0) is 51.5 Å². The lowest BCUT2D eigenvalue weighted by Gasteiger charge is -2.33. The predicted molar refractivity (Wildman–Crippen MR) is 75.8 cm³/mol. The smallest absolute Gasteiger partial charge is 0.104 e. The third-order valence-electron chi connectivity index (χ3n) is 4.30. The van der Waals surface area contributed by atoms with E-state index in [1.807, 2.05) is 0 Å². The molecule has 0 unspecified atom stereocenters. The Morgan fingerprint density at radius 3 is 2.56 bits per heavy atom. The van der Waals surface area contributed by atoms with Gasteiger partial charge < -0.3 is 9.64 Å². The topological polar surface area (TPSA) is 13.7 Å². The van der Waals surface area contributed by atoms with E-state index >= 15 is 0 Å². The molecule has 2 heteroatoms. The van der Waals surface area contributed by atoms with Gasteiger partial charge in [0.2, 0.25) is 0 Å². The molecule has 0 aromatic carbocycles. The maximum Gasteiger partial charge on any atom is 0.104 e. The van der Waals surface area contributed by atoms with Crippen LogP contribution in [-0.2, 0) is 4.74 Å². The zero-order valence-electron chi connectivity index (χ0n) is 12.2. The zero-order valence-corrected chi connectivity index (χ0v) is 12.2. The van der Waals surface area contributed by atoms with Crippen LogP contribution in [0, 0.1) is 5.92 Å². The van der Waals surface area contributed by atoms with E-state index in [4.69, 9.17) is 4.74 Å². The zero-order chi connectivity index (χ0) is 13.1. The van der Waals surface area contributed by atoms with Crippen LogP contribution in [0.3, 0.4) is 0 Å². The molecule has 0 radical (unpaired) electrons. The Labute approximate surface area is 112 Å². The van der Waals surface area contributed by atoms with E-state index in [1.165, 1.54) is 31.4 Å². The highest BCUT2D eigenvalue weighted by Crippen LogP contribution is 2.27. The molecule has 1 heterocycles. The lowest BCUT2D eigenvalue weighted by molar-refractivity contribution is -0.910. The summed E-state index contributed by atoms with van der Waals surface area (Å²) in [7, 11) is 0. The minimum absolute atomic E-state index is 0.413. The normalized spacial score (nSPS) is 37.2. The summed E-state index contributed by atoms with van der Waals surface area (Å²) in [6.07, 6.45) is 7.08. The first-order chi connectivity index (χ1) is 8.54. The first kappa shape index (κ1) is 13.8. The van der Waals surface area contributed by atoms with Crippen LogP contribution in [0.1, 0.15) is 40.0 Å². The molecule has 2 aliphatic rings. The highest BCUT2D eigenvalue weighted by molar-refractivity contribution is 5.12. The molecule has 0 bridgehead atoms. The predicted octanol–water partition coefficient (Wildman–Crippen LogP) is 1.98. The second-order valence-corrected chi connectivity index (χ2v) is 6.27. The molecule has 1 fully saturated rings. The van der Waals surface area contributed by atoms with E-state index in [0.29, 0.717) is 12.2 Å². The summed E-state index contributed by atoms with van der Waals surface area (Å²) in [4.78, 5) is 1.70. The fourth-order valence-electron chi connectivity index (χ4n) is 3.35. The molecule has 18 heavy (non-hydrogen) atoms. The number of morpholine rings is 1. The van der Waals surface area contributed by atoms with Gasteiger partial charge in [-0.1, -0.05) is 18.2 Å². The van der Waals surface area contributed by atoms with Crippen molar-refractivity contribution >= 4 is 0 Å². The monoisotopic (exact) mass is 250 g/mol. The minimum atomic E-state index is 0.413. The Morgan fingerprint density at radius 2 is 2.06 bits per heavy atom. The van der Waals surface area contributed by atoms with Crippen LogP contribution in [0.4, 0.5) is 0 Å². The van der Waals surface area contributed by atoms with Gasteiger partial charge in [-0.15, -0.1) is 0 Å². The van der Waals surface area contributed by atoms with Gasteiger partial charge in [0.05, 0.1) is 6.54 Å². The van der Waals surface area contributed by atoms with Crippen molar-refractivity contribution in [3.8, 4) is 0 Å². The summed E-state index contributed by atoms with van der Waals surface area (Å²) in [6.45, 7) is 14.2. The average molecular weight is 250 g/mol. The molecule has 2 rings (SSSR count). The molecular formula is C16H28NO+. The summed E-state index contributed by atoms with van der Waals surface area (Å²) in [5.41, 5.74) is 3.01. The van der Waals surface area contributed by atoms with Crippen molar-refractivity contribution in [2.45, 2.75) is 52.2 Å². The quantitative estimate of drug-likeness (QED) is 0.756. The Bertz CT molecular complexity index is 324. The number of quaternary nitrogens is 1. The summed E-state index contributed by atoms with van der Waals surface area (Å²) in [5.74, 6) is 0.728. The Morgan fingerprint density at radius 1 is 1.39 bits per heavy atom. The number of allylic oxidation sites excluding steroid dienone is 2. The van der Waals surface area contributed by atoms with Crippen molar-refractivity contribution in [3.05, 3.63) is 23.8 Å². The van der Waals surface area contributed by atoms with Crippen molar-refractivity contribution in [1.82, 2.24) is 0 Å². The van der Waals surface area contributed by atoms with Gasteiger partial charge in [0.15, 0.2) is 0 Å². The molecule has 1 aliphatic carbocycles. The lowest BCUT2D eigenvalue weighted by Crippen LogP contribution is -3.15. The van der Waals surface area contributed by atoms with Crippen molar-refractivity contribution in [3.63, 3.8) is 0 Å². The lowest BCUT2D eigenvalue weighted by atomic mass is 9.85. The molecule has 1 N–H and O–H groups in total. The fraction of sp³-hybridized carbons (Fsp3) is 0.750. The van der Waals surface area contributed by atoms with Crippen LogP contribution >= 0.6 is 0 Å². The fourth-order valence-corrected chi connectivity index (χ4v) is 3.35. The SMILES string of the molecule is C=C(C)[C@H]1CC=C(C[NH+]2C[C@@H](C)O[C@H](C)C2)CC1. The first-order valence-corrected chi connectivity index (χ1v) is 7.37. The third kappa shape index (κ3) is 3.69. The number of hydrogen-bond acceptors (Lipinski definition) is 1. The molecule has 0 spiro atoms. The van der Waals surface area contributed by atoms with Gasteiger partial charge in [-0.2, -0.15) is 0 Å². The van der Waals surface area contributed by atoms with E-state index in [-0.39, 0.29) is 0 Å². The van der Waals surface area contributed by atoms with Crippen LogP contribution in [0.15, 0.2) is 23.8 Å². The second-order valence-electron chi connectivity index (χ2n) is 6.27. The van der Waals surface area contributed by atoms with Crippen LogP contribution in [0.25, 0.3) is 0 Å². The highest BCUT2D eigenvalue weighted by atomic mass is 16.5. The molecule has 3 atom stereocenters. The van der Waals surface area contributed by atoms with E-state index in [9.17, 15) is 0 Å². The molecular weight excluding hydrogens is 222 g/mol. The summed E-state index contributed by atoms with van der Waals surface area (Å²) in [6, 6.07) is 0. The largest absolute Gasteiger partial charge is 0.364 e. The standard InChI is InChI=1S/C16H27NO/c1-12(2)16-7-5-15(6-8-16)11-17-9-13(3)18-14(4)10-17/h5,13-14,16H,1,6-11H2,2-4H3/p+1/t13-,14-,16+/m1/s1. The minimum Gasteiger partial charge on any atom is -0.364 e. The Kier molecular flexibility index (Phi) is 4.63.